The van der Waals surface area contributed by atoms with E-state index in [0.29, 0.717) is 23.8 Å². The Morgan fingerprint density at radius 1 is 1.07 bits per heavy atom. The van der Waals surface area contributed by atoms with Crippen molar-refractivity contribution < 1.29 is 13.2 Å². The Kier molecular flexibility index (Phi) is 6.00. The number of carbonyl (C=O) groups is 1. The SMILES string of the molecule is CN1CCc2nc(NC(=O)c3ccc(S(=O)(=O)N4CCCCCC4)cc3)sc2C1. The van der Waals surface area contributed by atoms with Crippen LogP contribution in [0.4, 0.5) is 5.13 Å². The molecule has 0 bridgehead atoms. The molecule has 1 aromatic carbocycles. The van der Waals surface area contributed by atoms with Gasteiger partial charge in [-0.25, -0.2) is 13.4 Å². The second-order valence-corrected chi connectivity index (χ2v) is 10.7. The number of fused-ring (bicyclic) bond motifs is 1. The smallest absolute Gasteiger partial charge is 0.257 e. The highest BCUT2D eigenvalue weighted by Gasteiger charge is 2.25. The molecule has 4 rings (SSSR count). The van der Waals surface area contributed by atoms with Crippen LogP contribution in [0.25, 0.3) is 0 Å². The van der Waals surface area contributed by atoms with Crippen LogP contribution in [0.3, 0.4) is 0 Å². The number of rotatable bonds is 4. The maximum Gasteiger partial charge on any atom is 0.257 e. The summed E-state index contributed by atoms with van der Waals surface area (Å²) in [5, 5.41) is 3.44. The lowest BCUT2D eigenvalue weighted by molar-refractivity contribution is 0.102. The largest absolute Gasteiger partial charge is 0.301 e. The fraction of sp³-hybridized carbons (Fsp3) is 0.500. The number of likely N-dealkylation sites (N-methyl/N-ethyl adjacent to an activating group) is 1. The van der Waals surface area contributed by atoms with Gasteiger partial charge in [0.05, 0.1) is 10.6 Å². The number of anilines is 1. The monoisotopic (exact) mass is 434 g/mol. The van der Waals surface area contributed by atoms with Gasteiger partial charge in [0.1, 0.15) is 0 Å². The molecular weight excluding hydrogens is 408 g/mol. The topological polar surface area (TPSA) is 82.6 Å². The van der Waals surface area contributed by atoms with Gasteiger partial charge in [-0.2, -0.15) is 4.31 Å². The standard InChI is InChI=1S/C20H26N4O3S2/c1-23-13-10-17-18(14-23)28-20(21-17)22-19(25)15-6-8-16(9-7-15)29(26,27)24-11-4-2-3-5-12-24/h6-9H,2-5,10-14H2,1H3,(H,21,22,25). The second kappa shape index (κ2) is 8.51. The lowest BCUT2D eigenvalue weighted by atomic mass is 10.2. The van der Waals surface area contributed by atoms with Crippen molar-refractivity contribution in [1.82, 2.24) is 14.2 Å². The van der Waals surface area contributed by atoms with E-state index >= 15 is 0 Å². The Morgan fingerprint density at radius 3 is 2.45 bits per heavy atom. The molecule has 0 unspecified atom stereocenters. The molecule has 2 aliphatic heterocycles. The molecule has 156 valence electrons. The summed E-state index contributed by atoms with van der Waals surface area (Å²) in [6.07, 6.45) is 4.82. The van der Waals surface area contributed by atoms with Gasteiger partial charge in [-0.05, 0) is 44.2 Å². The minimum absolute atomic E-state index is 0.240. The average Bonchev–Trinajstić information content (AvgIpc) is 2.91. The molecule has 0 spiro atoms. The summed E-state index contributed by atoms with van der Waals surface area (Å²) in [4.78, 5) is 20.8. The quantitative estimate of drug-likeness (QED) is 0.800. The zero-order valence-corrected chi connectivity index (χ0v) is 18.2. The van der Waals surface area contributed by atoms with Gasteiger partial charge < -0.3 is 4.90 Å². The predicted octanol–water partition coefficient (Wildman–Crippen LogP) is 2.95. The van der Waals surface area contributed by atoms with E-state index in [1.807, 2.05) is 0 Å². The van der Waals surface area contributed by atoms with Crippen molar-refractivity contribution in [3.05, 3.63) is 40.4 Å². The van der Waals surface area contributed by atoms with Gasteiger partial charge in [-0.3, -0.25) is 10.1 Å². The second-order valence-electron chi connectivity index (χ2n) is 7.67. The van der Waals surface area contributed by atoms with Crippen molar-refractivity contribution in [2.24, 2.45) is 0 Å². The van der Waals surface area contributed by atoms with Crippen LogP contribution >= 0.6 is 11.3 Å². The molecule has 0 atom stereocenters. The van der Waals surface area contributed by atoms with Crippen molar-refractivity contribution in [1.29, 1.82) is 0 Å². The first kappa shape index (κ1) is 20.5. The van der Waals surface area contributed by atoms with E-state index in [9.17, 15) is 13.2 Å². The number of carbonyl (C=O) groups excluding carboxylic acids is 1. The molecule has 9 heteroatoms. The molecule has 3 heterocycles. The number of amides is 1. The molecule has 2 aromatic rings. The number of nitrogens with one attached hydrogen (secondary N) is 1. The zero-order valence-electron chi connectivity index (χ0n) is 16.6. The zero-order chi connectivity index (χ0) is 20.4. The molecule has 1 fully saturated rings. The highest BCUT2D eigenvalue weighted by molar-refractivity contribution is 7.89. The van der Waals surface area contributed by atoms with Gasteiger partial charge in [0.25, 0.3) is 5.91 Å². The molecular formula is C20H26N4O3S2. The number of hydrogen-bond donors (Lipinski definition) is 1. The Labute approximate surface area is 175 Å². The fourth-order valence-corrected chi connectivity index (χ4v) is 6.36. The third kappa shape index (κ3) is 4.53. The van der Waals surface area contributed by atoms with Gasteiger partial charge in [-0.15, -0.1) is 11.3 Å². The van der Waals surface area contributed by atoms with E-state index in [1.165, 1.54) is 28.3 Å². The summed E-state index contributed by atoms with van der Waals surface area (Å²) in [7, 11) is -1.44. The van der Waals surface area contributed by atoms with E-state index in [-0.39, 0.29) is 10.8 Å². The summed E-state index contributed by atoms with van der Waals surface area (Å²) in [6.45, 7) is 2.95. The van der Waals surface area contributed by atoms with Crippen LogP contribution < -0.4 is 5.32 Å². The third-order valence-corrected chi connectivity index (χ3v) is 8.37. The fourth-order valence-electron chi connectivity index (χ4n) is 3.76. The minimum Gasteiger partial charge on any atom is -0.301 e. The molecule has 2 aliphatic rings. The number of sulfonamides is 1. The summed E-state index contributed by atoms with van der Waals surface area (Å²) < 4.78 is 27.3. The molecule has 0 aliphatic carbocycles. The third-order valence-electron chi connectivity index (χ3n) is 5.46. The number of benzene rings is 1. The van der Waals surface area contributed by atoms with E-state index in [4.69, 9.17) is 0 Å². The summed E-state index contributed by atoms with van der Waals surface area (Å²) >= 11 is 1.50. The average molecular weight is 435 g/mol. The van der Waals surface area contributed by atoms with Gasteiger partial charge in [0, 0.05) is 43.0 Å². The van der Waals surface area contributed by atoms with Crippen molar-refractivity contribution in [2.45, 2.75) is 43.5 Å². The minimum atomic E-state index is -3.51. The Bertz CT molecular complexity index is 978. The van der Waals surface area contributed by atoms with Gasteiger partial charge in [0.2, 0.25) is 10.0 Å². The van der Waals surface area contributed by atoms with Crippen LogP contribution in [-0.2, 0) is 23.0 Å². The number of aromatic nitrogens is 1. The van der Waals surface area contributed by atoms with Gasteiger partial charge >= 0.3 is 0 Å². The number of hydrogen-bond acceptors (Lipinski definition) is 6. The summed E-state index contributed by atoms with van der Waals surface area (Å²) in [5.74, 6) is -0.275. The van der Waals surface area contributed by atoms with Crippen LogP contribution in [0.1, 0.15) is 46.6 Å². The van der Waals surface area contributed by atoms with Crippen molar-refractivity contribution in [2.75, 3.05) is 32.0 Å². The lowest BCUT2D eigenvalue weighted by Crippen LogP contribution is -2.31. The molecule has 7 nitrogen and oxygen atoms in total. The molecule has 1 saturated heterocycles. The van der Waals surface area contributed by atoms with E-state index < -0.39 is 10.0 Å². The predicted molar refractivity (Wildman–Crippen MR) is 114 cm³/mol. The lowest BCUT2D eigenvalue weighted by Gasteiger charge is -2.20. The van der Waals surface area contributed by atoms with Crippen LogP contribution in [0.15, 0.2) is 29.2 Å². The Hall–Kier alpha value is -1.81. The van der Waals surface area contributed by atoms with Crippen molar-refractivity contribution in [3.63, 3.8) is 0 Å². The van der Waals surface area contributed by atoms with Crippen molar-refractivity contribution in [3.8, 4) is 0 Å². The maximum atomic E-state index is 12.9. The molecule has 0 radical (unpaired) electrons. The highest BCUT2D eigenvalue weighted by atomic mass is 32.2. The Morgan fingerprint density at radius 2 is 1.76 bits per heavy atom. The Balaban J connectivity index is 1.45. The van der Waals surface area contributed by atoms with Crippen LogP contribution in [0.5, 0.6) is 0 Å². The first-order chi connectivity index (χ1) is 13.9. The van der Waals surface area contributed by atoms with Crippen molar-refractivity contribution >= 4 is 32.4 Å². The summed E-state index contributed by atoms with van der Waals surface area (Å²) in [6, 6.07) is 6.19. The van der Waals surface area contributed by atoms with E-state index in [2.05, 4.69) is 22.2 Å². The van der Waals surface area contributed by atoms with Gasteiger partial charge in [-0.1, -0.05) is 12.8 Å². The summed E-state index contributed by atoms with van der Waals surface area (Å²) in [5.41, 5.74) is 1.48. The molecule has 1 aromatic heterocycles. The molecule has 1 N–H and O–H groups in total. The molecule has 29 heavy (non-hydrogen) atoms. The van der Waals surface area contributed by atoms with Crippen LogP contribution in [0.2, 0.25) is 0 Å². The van der Waals surface area contributed by atoms with Gasteiger partial charge in [0.15, 0.2) is 5.13 Å². The first-order valence-corrected chi connectivity index (χ1v) is 12.3. The first-order valence-electron chi connectivity index (χ1n) is 10.0. The highest BCUT2D eigenvalue weighted by Crippen LogP contribution is 2.28. The van der Waals surface area contributed by atoms with Crippen LogP contribution in [0, 0.1) is 0 Å². The molecule has 1 amide bonds. The van der Waals surface area contributed by atoms with E-state index in [0.717, 1.165) is 50.9 Å². The normalized spacial score (nSPS) is 18.8. The van der Waals surface area contributed by atoms with E-state index in [1.54, 1.807) is 16.4 Å². The molecule has 0 saturated carbocycles. The van der Waals surface area contributed by atoms with Crippen LogP contribution in [-0.4, -0.2) is 55.2 Å². The maximum absolute atomic E-state index is 12.9. The number of nitrogens with zero attached hydrogens (tertiary/aromatic N) is 3. The number of thiazole rings is 1.